The molecule has 0 spiro atoms. The molecule has 0 aromatic heterocycles. The molecule has 1 amide bonds. The molecule has 0 aliphatic carbocycles. The summed E-state index contributed by atoms with van der Waals surface area (Å²) in [5.74, 6) is -0.754. The van der Waals surface area contributed by atoms with Crippen molar-refractivity contribution in [2.45, 2.75) is 6.16 Å². The van der Waals surface area contributed by atoms with E-state index in [9.17, 15) is 9.18 Å². The maximum atomic E-state index is 14.1. The van der Waals surface area contributed by atoms with Crippen molar-refractivity contribution in [3.05, 3.63) is 133 Å². The van der Waals surface area contributed by atoms with Crippen LogP contribution < -0.4 is 21.2 Å². The lowest BCUT2D eigenvalue weighted by molar-refractivity contribution is -0.111. The maximum Gasteiger partial charge on any atom is 0.247 e. The minimum Gasteiger partial charge on any atom is -0.322 e. The van der Waals surface area contributed by atoms with Crippen LogP contribution in [0.2, 0.25) is 0 Å². The van der Waals surface area contributed by atoms with Crippen LogP contribution in [-0.4, -0.2) is 5.91 Å². The highest BCUT2D eigenvalue weighted by atomic mass is 31.2. The molecule has 0 aliphatic heterocycles. The van der Waals surface area contributed by atoms with Crippen molar-refractivity contribution >= 4 is 34.8 Å². The van der Waals surface area contributed by atoms with E-state index >= 15 is 0 Å². The second-order valence-electron chi connectivity index (χ2n) is 7.47. The Morgan fingerprint density at radius 2 is 1.25 bits per heavy atom. The first kappa shape index (κ1) is 21.7. The highest BCUT2D eigenvalue weighted by Crippen LogP contribution is 2.58. The van der Waals surface area contributed by atoms with Gasteiger partial charge in [-0.05, 0) is 54.6 Å². The third-order valence-corrected chi connectivity index (χ3v) is 9.87. The third-order valence-electron chi connectivity index (χ3n) is 5.51. The molecule has 2 nitrogen and oxygen atoms in total. The topological polar surface area (TPSA) is 29.1 Å². The Bertz CT molecular complexity index is 1110. The largest absolute Gasteiger partial charge is 0.322 e. The normalized spacial score (nSPS) is 11.0. The zero-order valence-corrected chi connectivity index (χ0v) is 18.5. The van der Waals surface area contributed by atoms with Crippen LogP contribution in [0.5, 0.6) is 0 Å². The van der Waals surface area contributed by atoms with E-state index in [-0.39, 0.29) is 5.91 Å². The Morgan fingerprint density at radius 3 is 1.69 bits per heavy atom. The number of carbonyl (C=O) groups excluding carboxylic acids is 1. The van der Waals surface area contributed by atoms with Crippen molar-refractivity contribution in [3.8, 4) is 0 Å². The average molecular weight is 440 g/mol. The molecule has 0 saturated heterocycles. The highest BCUT2D eigenvalue weighted by Gasteiger charge is 2.45. The van der Waals surface area contributed by atoms with E-state index in [4.69, 9.17) is 0 Å². The summed E-state index contributed by atoms with van der Waals surface area (Å²) in [6, 6.07) is 36.0. The molecule has 158 valence electrons. The van der Waals surface area contributed by atoms with Crippen LogP contribution in [0, 0.1) is 5.82 Å². The molecule has 0 radical (unpaired) electrons. The van der Waals surface area contributed by atoms with Crippen LogP contribution in [0.15, 0.2) is 122 Å². The van der Waals surface area contributed by atoms with E-state index in [2.05, 4.69) is 84.7 Å². The number of hydrogen-bond donors (Lipinski definition) is 1. The van der Waals surface area contributed by atoms with Crippen LogP contribution in [0.4, 0.5) is 10.1 Å². The standard InChI is InChI=1S/C28H23FNOP/c1-2-28(31)30-27-20-23(29)19-18-22(27)21-32(24-12-6-3-7-13-24,25-14-8-4-9-15-25)26-16-10-5-11-17-26/h2-20H,1,21H2/p+1. The Morgan fingerprint density at radius 1 is 0.781 bits per heavy atom. The predicted molar refractivity (Wildman–Crippen MR) is 134 cm³/mol. The number of carbonyl (C=O) groups is 1. The molecule has 0 aliphatic rings. The lowest BCUT2D eigenvalue weighted by Crippen LogP contribution is -2.32. The van der Waals surface area contributed by atoms with Gasteiger partial charge in [0, 0.05) is 5.56 Å². The van der Waals surface area contributed by atoms with Gasteiger partial charge in [-0.3, -0.25) is 4.79 Å². The lowest BCUT2D eigenvalue weighted by atomic mass is 10.2. The third kappa shape index (κ3) is 4.39. The van der Waals surface area contributed by atoms with Gasteiger partial charge >= 0.3 is 0 Å². The van der Waals surface area contributed by atoms with E-state index in [1.807, 2.05) is 18.2 Å². The molecule has 32 heavy (non-hydrogen) atoms. The summed E-state index contributed by atoms with van der Waals surface area (Å²) < 4.78 is 14.1. The number of hydrogen-bond acceptors (Lipinski definition) is 1. The van der Waals surface area contributed by atoms with Gasteiger partial charge in [0.05, 0.1) is 5.69 Å². The predicted octanol–water partition coefficient (Wildman–Crippen LogP) is 5.44. The Labute approximate surface area is 188 Å². The molecular formula is C28H24FNOP+. The van der Waals surface area contributed by atoms with E-state index in [1.165, 1.54) is 34.1 Å². The molecule has 0 heterocycles. The molecule has 0 bridgehead atoms. The minimum atomic E-state index is -2.17. The first-order chi connectivity index (χ1) is 15.6. The van der Waals surface area contributed by atoms with E-state index in [1.54, 1.807) is 6.07 Å². The summed E-state index contributed by atoms with van der Waals surface area (Å²) in [5, 5.41) is 6.47. The molecule has 0 saturated carbocycles. The van der Waals surface area contributed by atoms with Crippen molar-refractivity contribution in [3.63, 3.8) is 0 Å². The van der Waals surface area contributed by atoms with Crippen molar-refractivity contribution in [1.82, 2.24) is 0 Å². The molecule has 1 N–H and O–H groups in total. The Hall–Kier alpha value is -3.55. The zero-order valence-electron chi connectivity index (χ0n) is 17.6. The average Bonchev–Trinajstić information content (AvgIpc) is 2.85. The Kier molecular flexibility index (Phi) is 6.58. The van der Waals surface area contributed by atoms with Gasteiger partial charge in [0.2, 0.25) is 5.91 Å². The number of amides is 1. The maximum absolute atomic E-state index is 14.1. The van der Waals surface area contributed by atoms with Gasteiger partial charge in [0.25, 0.3) is 0 Å². The number of nitrogens with one attached hydrogen (secondary N) is 1. The molecule has 4 aromatic rings. The molecule has 4 rings (SSSR count). The second kappa shape index (κ2) is 9.72. The SMILES string of the molecule is C=CC(=O)Nc1cc(F)ccc1C[P+](c1ccccc1)(c1ccccc1)c1ccccc1. The highest BCUT2D eigenvalue weighted by molar-refractivity contribution is 7.95. The van der Waals surface area contributed by atoms with Crippen LogP contribution in [-0.2, 0) is 11.0 Å². The molecular weight excluding hydrogens is 416 g/mol. The lowest BCUT2D eigenvalue weighted by Gasteiger charge is -2.28. The van der Waals surface area contributed by atoms with Gasteiger partial charge in [0.1, 0.15) is 35.2 Å². The van der Waals surface area contributed by atoms with Gasteiger partial charge < -0.3 is 5.32 Å². The van der Waals surface area contributed by atoms with Crippen LogP contribution in [0.25, 0.3) is 0 Å². The first-order valence-corrected chi connectivity index (χ1v) is 12.4. The number of benzene rings is 4. The van der Waals surface area contributed by atoms with Crippen LogP contribution in [0.3, 0.4) is 0 Å². The number of anilines is 1. The van der Waals surface area contributed by atoms with Crippen LogP contribution in [0.1, 0.15) is 5.56 Å². The number of rotatable bonds is 7. The summed E-state index contributed by atoms with van der Waals surface area (Å²) >= 11 is 0. The second-order valence-corrected chi connectivity index (χ2v) is 11.0. The van der Waals surface area contributed by atoms with E-state index < -0.39 is 13.1 Å². The van der Waals surface area contributed by atoms with Crippen molar-refractivity contribution in [1.29, 1.82) is 0 Å². The van der Waals surface area contributed by atoms with E-state index in [0.717, 1.165) is 5.56 Å². The fourth-order valence-electron chi connectivity index (χ4n) is 4.01. The van der Waals surface area contributed by atoms with Crippen molar-refractivity contribution < 1.29 is 9.18 Å². The van der Waals surface area contributed by atoms with Gasteiger partial charge in [-0.1, -0.05) is 67.2 Å². The first-order valence-electron chi connectivity index (χ1n) is 10.4. The summed E-state index contributed by atoms with van der Waals surface area (Å²) in [6.07, 6.45) is 1.83. The summed E-state index contributed by atoms with van der Waals surface area (Å²) in [7, 11) is -2.17. The fourth-order valence-corrected chi connectivity index (χ4v) is 8.28. The van der Waals surface area contributed by atoms with Gasteiger partial charge in [-0.2, -0.15) is 0 Å². The molecule has 4 aromatic carbocycles. The zero-order chi connectivity index (χ0) is 22.4. The summed E-state index contributed by atoms with van der Waals surface area (Å²) in [5.41, 5.74) is 1.36. The quantitative estimate of drug-likeness (QED) is 0.301. The monoisotopic (exact) mass is 440 g/mol. The molecule has 4 heteroatoms. The number of halogens is 1. The van der Waals surface area contributed by atoms with Crippen molar-refractivity contribution in [2.24, 2.45) is 0 Å². The summed E-state index contributed by atoms with van der Waals surface area (Å²) in [6.45, 7) is 3.53. The smallest absolute Gasteiger partial charge is 0.247 e. The minimum absolute atomic E-state index is 0.361. The van der Waals surface area contributed by atoms with Crippen molar-refractivity contribution in [2.75, 3.05) is 5.32 Å². The fraction of sp³-hybridized carbons (Fsp3) is 0.0357. The summed E-state index contributed by atoms with van der Waals surface area (Å²) in [4.78, 5) is 12.1. The van der Waals surface area contributed by atoms with Gasteiger partial charge in [-0.25, -0.2) is 4.39 Å². The molecule has 0 atom stereocenters. The molecule has 0 unspecified atom stereocenters. The molecule has 0 fully saturated rings. The van der Waals surface area contributed by atoms with Crippen LogP contribution >= 0.6 is 7.26 Å². The van der Waals surface area contributed by atoms with E-state index in [0.29, 0.717) is 11.8 Å². The Balaban J connectivity index is 1.98. The van der Waals surface area contributed by atoms with Gasteiger partial charge in [0.15, 0.2) is 0 Å². The van der Waals surface area contributed by atoms with Gasteiger partial charge in [-0.15, -0.1) is 0 Å².